The van der Waals surface area contributed by atoms with Crippen molar-refractivity contribution in [2.75, 3.05) is 11.5 Å². The fourth-order valence-electron chi connectivity index (χ4n) is 3.17. The lowest BCUT2D eigenvalue weighted by atomic mass is 10.1. The third kappa shape index (κ3) is 3.82. The molecule has 1 amide bonds. The minimum atomic E-state index is -1.21. The van der Waals surface area contributed by atoms with Crippen molar-refractivity contribution in [1.82, 2.24) is 4.98 Å². The number of esters is 1. The lowest BCUT2D eigenvalue weighted by Gasteiger charge is -2.33. The second-order valence-corrected chi connectivity index (χ2v) is 7.58. The third-order valence-corrected chi connectivity index (χ3v) is 5.49. The molecule has 2 heterocycles. The molecular formula is C20H15F3N2O4S. The van der Waals surface area contributed by atoms with Gasteiger partial charge in [-0.3, -0.25) is 14.5 Å². The van der Waals surface area contributed by atoms with E-state index in [1.807, 2.05) is 0 Å². The number of ether oxygens (including phenoxy) is 2. The number of benzene rings is 2. The summed E-state index contributed by atoms with van der Waals surface area (Å²) in [7, 11) is 0. The average Bonchev–Trinajstić information content (AvgIpc) is 3.08. The van der Waals surface area contributed by atoms with Gasteiger partial charge in [0, 0.05) is 18.2 Å². The number of rotatable bonds is 5. The van der Waals surface area contributed by atoms with E-state index in [0.29, 0.717) is 5.01 Å². The number of halogens is 3. The van der Waals surface area contributed by atoms with Crippen molar-refractivity contribution >= 4 is 39.1 Å². The molecule has 0 N–H and O–H groups in total. The molecule has 3 aromatic rings. The van der Waals surface area contributed by atoms with Crippen molar-refractivity contribution in [3.8, 4) is 5.75 Å². The van der Waals surface area contributed by atoms with Crippen molar-refractivity contribution in [3.05, 3.63) is 52.8 Å². The fraction of sp³-hybridized carbons (Fsp3) is 0.250. The minimum absolute atomic E-state index is 0.0828. The van der Waals surface area contributed by atoms with Crippen LogP contribution in [-0.2, 0) is 20.9 Å². The highest BCUT2D eigenvalue weighted by Gasteiger charge is 2.37. The molecule has 30 heavy (non-hydrogen) atoms. The van der Waals surface area contributed by atoms with Gasteiger partial charge < -0.3 is 9.47 Å². The van der Waals surface area contributed by atoms with E-state index < -0.39 is 35.4 Å². The predicted molar refractivity (Wildman–Crippen MR) is 103 cm³/mol. The van der Waals surface area contributed by atoms with Crippen LogP contribution in [0.1, 0.15) is 18.4 Å². The van der Waals surface area contributed by atoms with Crippen LogP contribution < -0.4 is 9.64 Å². The Morgan fingerprint density at radius 1 is 1.23 bits per heavy atom. The van der Waals surface area contributed by atoms with E-state index in [1.165, 1.54) is 17.0 Å². The Labute approximate surface area is 172 Å². The summed E-state index contributed by atoms with van der Waals surface area (Å²) in [5.41, 5.74) is 0.419. The molecule has 0 saturated carbocycles. The van der Waals surface area contributed by atoms with Gasteiger partial charge in [-0.25, -0.2) is 18.2 Å². The smallest absolute Gasteiger partial charge is 0.310 e. The normalized spacial score (nSPS) is 15.8. The van der Waals surface area contributed by atoms with Gasteiger partial charge in [0.05, 0.1) is 35.5 Å². The highest BCUT2D eigenvalue weighted by atomic mass is 32.1. The maximum absolute atomic E-state index is 14.0. The maximum atomic E-state index is 14.0. The van der Waals surface area contributed by atoms with Crippen molar-refractivity contribution in [2.45, 2.75) is 26.0 Å². The molecule has 1 atom stereocenters. The lowest BCUT2D eigenvalue weighted by molar-refractivity contribution is -0.147. The van der Waals surface area contributed by atoms with Gasteiger partial charge in [0.25, 0.3) is 5.91 Å². The zero-order chi connectivity index (χ0) is 21.4. The first-order valence-corrected chi connectivity index (χ1v) is 9.85. The molecule has 1 aliphatic rings. The van der Waals surface area contributed by atoms with Gasteiger partial charge in [-0.15, -0.1) is 11.3 Å². The lowest BCUT2D eigenvalue weighted by Crippen LogP contribution is -2.46. The molecular weight excluding hydrogens is 421 g/mol. The molecule has 6 nitrogen and oxygen atoms in total. The van der Waals surface area contributed by atoms with Crippen LogP contribution in [0, 0.1) is 17.5 Å². The highest BCUT2D eigenvalue weighted by Crippen LogP contribution is 2.37. The average molecular weight is 436 g/mol. The van der Waals surface area contributed by atoms with Gasteiger partial charge in [-0.1, -0.05) is 0 Å². The fourth-order valence-corrected chi connectivity index (χ4v) is 4.11. The van der Waals surface area contributed by atoms with Gasteiger partial charge in [0.15, 0.2) is 6.10 Å². The summed E-state index contributed by atoms with van der Waals surface area (Å²) in [6.45, 7) is 1.69. The summed E-state index contributed by atoms with van der Waals surface area (Å²) >= 11 is 0.976. The van der Waals surface area contributed by atoms with E-state index in [1.54, 1.807) is 6.92 Å². The second kappa shape index (κ2) is 7.94. The van der Waals surface area contributed by atoms with Crippen LogP contribution in [0.4, 0.5) is 18.9 Å². The predicted octanol–water partition coefficient (Wildman–Crippen LogP) is 3.96. The third-order valence-electron chi connectivity index (χ3n) is 4.43. The summed E-state index contributed by atoms with van der Waals surface area (Å²) in [6.07, 6.45) is -1.55. The van der Waals surface area contributed by atoms with E-state index in [9.17, 15) is 22.8 Å². The maximum Gasteiger partial charge on any atom is 0.310 e. The zero-order valence-electron chi connectivity index (χ0n) is 15.7. The van der Waals surface area contributed by atoms with Crippen molar-refractivity contribution < 1.29 is 32.2 Å². The van der Waals surface area contributed by atoms with E-state index in [-0.39, 0.29) is 41.2 Å². The number of nitrogens with zero attached hydrogens (tertiary/aromatic N) is 2. The number of amides is 1. The summed E-state index contributed by atoms with van der Waals surface area (Å²) in [5.74, 6) is -3.17. The first-order valence-electron chi connectivity index (χ1n) is 9.03. The number of hydrogen-bond acceptors (Lipinski definition) is 6. The molecule has 0 aliphatic carbocycles. The molecule has 0 radical (unpaired) electrons. The van der Waals surface area contributed by atoms with Crippen molar-refractivity contribution in [3.63, 3.8) is 0 Å². The van der Waals surface area contributed by atoms with Gasteiger partial charge >= 0.3 is 5.97 Å². The number of anilines is 1. The Morgan fingerprint density at radius 3 is 2.80 bits per heavy atom. The first-order chi connectivity index (χ1) is 14.4. The summed E-state index contributed by atoms with van der Waals surface area (Å²) in [5, 5.41) is 0.343. The molecule has 10 heteroatoms. The molecule has 0 spiro atoms. The molecule has 0 fully saturated rings. The molecule has 1 unspecified atom stereocenters. The van der Waals surface area contributed by atoms with Crippen molar-refractivity contribution in [1.29, 1.82) is 0 Å². The van der Waals surface area contributed by atoms with E-state index >= 15 is 0 Å². The largest absolute Gasteiger partial charge is 0.478 e. The number of thiazole rings is 1. The van der Waals surface area contributed by atoms with Gasteiger partial charge in [0.2, 0.25) is 0 Å². The summed E-state index contributed by atoms with van der Waals surface area (Å²) in [6, 6.07) is 5.52. The Hall–Kier alpha value is -3.14. The van der Waals surface area contributed by atoms with Crippen LogP contribution in [0.5, 0.6) is 5.75 Å². The Kier molecular flexibility index (Phi) is 5.33. The summed E-state index contributed by atoms with van der Waals surface area (Å²) < 4.78 is 51.8. The monoisotopic (exact) mass is 436 g/mol. The van der Waals surface area contributed by atoms with Crippen LogP contribution >= 0.6 is 11.3 Å². The van der Waals surface area contributed by atoms with E-state index in [2.05, 4.69) is 4.98 Å². The Morgan fingerprint density at radius 2 is 2.03 bits per heavy atom. The van der Waals surface area contributed by atoms with E-state index in [0.717, 1.165) is 29.5 Å². The standard InChI is InChI=1S/C20H15F3N2O4S/c1-2-28-18(26)8-16-20(27)25(14-4-3-10(21)7-15(14)29-16)9-17-24-13-6-11(22)5-12(23)19(13)30-17/h3-7,16H,2,8-9H2,1H3. The minimum Gasteiger partial charge on any atom is -0.478 e. The highest BCUT2D eigenvalue weighted by molar-refractivity contribution is 7.18. The molecule has 2 aromatic carbocycles. The second-order valence-electron chi connectivity index (χ2n) is 6.50. The Bertz CT molecular complexity index is 1150. The quantitative estimate of drug-likeness (QED) is 0.567. The first kappa shape index (κ1) is 20.1. The molecule has 4 rings (SSSR count). The topological polar surface area (TPSA) is 68.7 Å². The summed E-state index contributed by atoms with van der Waals surface area (Å²) in [4.78, 5) is 30.3. The number of fused-ring (bicyclic) bond motifs is 2. The number of carbonyl (C=O) groups excluding carboxylic acids is 2. The van der Waals surface area contributed by atoms with Crippen LogP contribution in [0.2, 0.25) is 0 Å². The molecule has 1 aliphatic heterocycles. The SMILES string of the molecule is CCOC(=O)CC1Oc2cc(F)ccc2N(Cc2nc3cc(F)cc(F)c3s2)C1=O. The molecule has 0 saturated heterocycles. The molecule has 1 aromatic heterocycles. The molecule has 156 valence electrons. The van der Waals surface area contributed by atoms with Crippen LogP contribution in [0.25, 0.3) is 10.2 Å². The van der Waals surface area contributed by atoms with Gasteiger partial charge in [0.1, 0.15) is 28.2 Å². The Balaban J connectivity index is 1.69. The van der Waals surface area contributed by atoms with Crippen LogP contribution in [-0.4, -0.2) is 29.6 Å². The zero-order valence-corrected chi connectivity index (χ0v) is 16.5. The van der Waals surface area contributed by atoms with Crippen LogP contribution in [0.3, 0.4) is 0 Å². The van der Waals surface area contributed by atoms with Gasteiger partial charge in [-0.05, 0) is 19.1 Å². The number of aromatic nitrogens is 1. The molecule has 0 bridgehead atoms. The van der Waals surface area contributed by atoms with Crippen LogP contribution in [0.15, 0.2) is 30.3 Å². The van der Waals surface area contributed by atoms with E-state index in [4.69, 9.17) is 9.47 Å². The number of carbonyl (C=O) groups is 2. The van der Waals surface area contributed by atoms with Crippen molar-refractivity contribution in [2.24, 2.45) is 0 Å². The van der Waals surface area contributed by atoms with Gasteiger partial charge in [-0.2, -0.15) is 0 Å². The number of hydrogen-bond donors (Lipinski definition) is 0.